The second kappa shape index (κ2) is 5.49. The first-order valence-corrected chi connectivity index (χ1v) is 5.06. The molecule has 0 aliphatic carbocycles. The van der Waals surface area contributed by atoms with Gasteiger partial charge in [0.15, 0.2) is 6.29 Å². The summed E-state index contributed by atoms with van der Waals surface area (Å²) in [5, 5.41) is 0. The first-order chi connectivity index (χ1) is 6.72. The van der Waals surface area contributed by atoms with Gasteiger partial charge in [-0.05, 0) is 25.8 Å². The largest absolute Gasteiger partial charge is 0.378 e. The van der Waals surface area contributed by atoms with Gasteiger partial charge in [0.2, 0.25) is 0 Å². The van der Waals surface area contributed by atoms with E-state index >= 15 is 0 Å². The summed E-state index contributed by atoms with van der Waals surface area (Å²) in [7, 11) is 3.41. The molecule has 0 bridgehead atoms. The highest BCUT2D eigenvalue weighted by atomic mass is 16.7. The summed E-state index contributed by atoms with van der Waals surface area (Å²) in [5.74, 6) is 0. The minimum absolute atomic E-state index is 0.0451. The maximum absolute atomic E-state index is 5.78. The van der Waals surface area contributed by atoms with Crippen LogP contribution in [-0.4, -0.2) is 32.7 Å². The molecular weight excluding hydrogens is 180 g/mol. The van der Waals surface area contributed by atoms with Gasteiger partial charge in [0, 0.05) is 20.6 Å². The van der Waals surface area contributed by atoms with Crippen LogP contribution in [0, 0.1) is 0 Å². The molecule has 3 atom stereocenters. The second-order valence-electron chi connectivity index (χ2n) is 3.61. The van der Waals surface area contributed by atoms with Crippen LogP contribution in [0.5, 0.6) is 0 Å². The van der Waals surface area contributed by atoms with Crippen molar-refractivity contribution in [3.8, 4) is 0 Å². The van der Waals surface area contributed by atoms with Crippen LogP contribution in [0.1, 0.15) is 26.7 Å². The van der Waals surface area contributed by atoms with Gasteiger partial charge in [0.05, 0.1) is 6.10 Å². The average molecular weight is 200 g/mol. The number of rotatable bonds is 3. The van der Waals surface area contributed by atoms with Crippen molar-refractivity contribution in [2.45, 2.75) is 45.2 Å². The monoisotopic (exact) mass is 200 g/mol. The van der Waals surface area contributed by atoms with Crippen molar-refractivity contribution >= 4 is 0 Å². The first kappa shape index (κ1) is 11.7. The zero-order valence-corrected chi connectivity index (χ0v) is 9.45. The second-order valence-corrected chi connectivity index (χ2v) is 3.61. The maximum atomic E-state index is 5.78. The molecule has 1 saturated heterocycles. The van der Waals surface area contributed by atoms with Gasteiger partial charge in [-0.25, -0.2) is 0 Å². The molecule has 3 heteroatoms. The molecule has 82 valence electrons. The van der Waals surface area contributed by atoms with Crippen molar-refractivity contribution in [1.82, 2.24) is 0 Å². The zero-order chi connectivity index (χ0) is 10.6. The molecule has 0 aromatic heterocycles. The summed E-state index contributed by atoms with van der Waals surface area (Å²) >= 11 is 0. The summed E-state index contributed by atoms with van der Waals surface area (Å²) in [5.41, 5.74) is 1.21. The molecule has 1 heterocycles. The van der Waals surface area contributed by atoms with Crippen molar-refractivity contribution in [2.24, 2.45) is 0 Å². The molecule has 0 radical (unpaired) electrons. The van der Waals surface area contributed by atoms with Crippen LogP contribution in [0.3, 0.4) is 0 Å². The van der Waals surface area contributed by atoms with Crippen LogP contribution in [0.4, 0.5) is 0 Å². The van der Waals surface area contributed by atoms with E-state index in [-0.39, 0.29) is 18.5 Å². The van der Waals surface area contributed by atoms with Gasteiger partial charge in [-0.1, -0.05) is 6.08 Å². The van der Waals surface area contributed by atoms with Crippen molar-refractivity contribution in [1.29, 1.82) is 0 Å². The molecule has 0 unspecified atom stereocenters. The van der Waals surface area contributed by atoms with Crippen LogP contribution in [0.2, 0.25) is 0 Å². The van der Waals surface area contributed by atoms with Crippen molar-refractivity contribution in [3.05, 3.63) is 11.6 Å². The maximum Gasteiger partial charge on any atom is 0.158 e. The molecule has 14 heavy (non-hydrogen) atoms. The summed E-state index contributed by atoms with van der Waals surface area (Å²) in [6.07, 6.45) is 4.09. The number of methoxy groups -OCH3 is 2. The van der Waals surface area contributed by atoms with E-state index < -0.39 is 0 Å². The molecule has 0 aromatic rings. The average Bonchev–Trinajstić information content (AvgIpc) is 2.27. The number of hydrogen-bond acceptors (Lipinski definition) is 3. The number of allylic oxidation sites excluding steroid dienone is 1. The Balaban J connectivity index is 2.65. The Morgan fingerprint density at radius 2 is 2.00 bits per heavy atom. The Labute approximate surface area is 86.0 Å². The summed E-state index contributed by atoms with van der Waals surface area (Å²) in [6, 6.07) is 0. The van der Waals surface area contributed by atoms with E-state index in [0.717, 1.165) is 12.8 Å². The Bertz CT molecular complexity index is 201. The van der Waals surface area contributed by atoms with Crippen LogP contribution >= 0.6 is 0 Å². The molecule has 3 nitrogen and oxygen atoms in total. The fourth-order valence-electron chi connectivity index (χ4n) is 1.75. The fourth-order valence-corrected chi connectivity index (χ4v) is 1.75. The minimum atomic E-state index is -0.0821. The van der Waals surface area contributed by atoms with Gasteiger partial charge in [-0.15, -0.1) is 0 Å². The predicted octanol–water partition coefficient (Wildman–Crippen LogP) is 2.12. The number of ether oxygens (including phenoxy) is 3. The quantitative estimate of drug-likeness (QED) is 0.653. The van der Waals surface area contributed by atoms with Gasteiger partial charge >= 0.3 is 0 Å². The van der Waals surface area contributed by atoms with E-state index in [2.05, 4.69) is 13.0 Å². The van der Waals surface area contributed by atoms with Crippen LogP contribution in [0.25, 0.3) is 0 Å². The number of hydrogen-bond donors (Lipinski definition) is 0. The molecular formula is C11H20O3. The fraction of sp³-hybridized carbons (Fsp3) is 0.818. The van der Waals surface area contributed by atoms with Crippen molar-refractivity contribution < 1.29 is 14.2 Å². The Kier molecular flexibility index (Phi) is 4.58. The highest BCUT2D eigenvalue weighted by Crippen LogP contribution is 2.26. The van der Waals surface area contributed by atoms with E-state index in [4.69, 9.17) is 14.2 Å². The predicted molar refractivity (Wildman–Crippen MR) is 55.1 cm³/mol. The lowest BCUT2D eigenvalue weighted by Gasteiger charge is -2.35. The van der Waals surface area contributed by atoms with Gasteiger partial charge in [-0.3, -0.25) is 0 Å². The van der Waals surface area contributed by atoms with E-state index in [1.165, 1.54) is 5.57 Å². The minimum Gasteiger partial charge on any atom is -0.378 e. The van der Waals surface area contributed by atoms with Crippen molar-refractivity contribution in [2.75, 3.05) is 14.2 Å². The Morgan fingerprint density at radius 3 is 2.50 bits per heavy atom. The SMILES string of the molecule is C/C=C(\C)[C@@H]1O[C@H](OC)CC[C@@H]1OC. The third kappa shape index (κ3) is 2.56. The lowest BCUT2D eigenvalue weighted by Crippen LogP contribution is -2.41. The van der Waals surface area contributed by atoms with Gasteiger partial charge in [0.25, 0.3) is 0 Å². The first-order valence-electron chi connectivity index (χ1n) is 5.06. The van der Waals surface area contributed by atoms with Gasteiger partial charge in [0.1, 0.15) is 6.10 Å². The third-order valence-electron chi connectivity index (χ3n) is 2.79. The van der Waals surface area contributed by atoms with E-state index in [0.29, 0.717) is 0 Å². The van der Waals surface area contributed by atoms with Crippen LogP contribution < -0.4 is 0 Å². The Morgan fingerprint density at radius 1 is 1.29 bits per heavy atom. The molecule has 0 N–H and O–H groups in total. The zero-order valence-electron chi connectivity index (χ0n) is 9.45. The van der Waals surface area contributed by atoms with Crippen molar-refractivity contribution in [3.63, 3.8) is 0 Å². The molecule has 0 aromatic carbocycles. The molecule has 1 aliphatic heterocycles. The molecule has 1 aliphatic rings. The van der Waals surface area contributed by atoms with E-state index in [1.807, 2.05) is 6.92 Å². The molecule has 1 fully saturated rings. The topological polar surface area (TPSA) is 27.7 Å². The smallest absolute Gasteiger partial charge is 0.158 e. The third-order valence-corrected chi connectivity index (χ3v) is 2.79. The van der Waals surface area contributed by atoms with Gasteiger partial charge in [-0.2, -0.15) is 0 Å². The molecule has 0 spiro atoms. The molecule has 0 amide bonds. The highest BCUT2D eigenvalue weighted by Gasteiger charge is 2.31. The Hall–Kier alpha value is -0.380. The molecule has 1 rings (SSSR count). The van der Waals surface area contributed by atoms with E-state index in [9.17, 15) is 0 Å². The van der Waals surface area contributed by atoms with Crippen LogP contribution in [-0.2, 0) is 14.2 Å². The summed E-state index contributed by atoms with van der Waals surface area (Å²) in [6.45, 7) is 4.08. The normalized spacial score (nSPS) is 34.6. The van der Waals surface area contributed by atoms with Crippen LogP contribution in [0.15, 0.2) is 11.6 Å². The molecule has 0 saturated carbocycles. The lowest BCUT2D eigenvalue weighted by atomic mass is 9.98. The highest BCUT2D eigenvalue weighted by molar-refractivity contribution is 5.07. The van der Waals surface area contributed by atoms with Gasteiger partial charge < -0.3 is 14.2 Å². The summed E-state index contributed by atoms with van der Waals surface area (Å²) < 4.78 is 16.4. The standard InChI is InChI=1S/C11H20O3/c1-5-8(2)11-9(12-3)6-7-10(13-4)14-11/h5,9-11H,6-7H2,1-4H3/b8-5+/t9-,10-,11-/m0/s1. The van der Waals surface area contributed by atoms with E-state index in [1.54, 1.807) is 14.2 Å². The summed E-state index contributed by atoms with van der Waals surface area (Å²) in [4.78, 5) is 0. The lowest BCUT2D eigenvalue weighted by molar-refractivity contribution is -0.205.